The zero-order valence-corrected chi connectivity index (χ0v) is 17.7. The maximum Gasteiger partial charge on any atom is 0.253 e. The van der Waals surface area contributed by atoms with Crippen LogP contribution in [0.15, 0.2) is 85.6 Å². The van der Waals surface area contributed by atoms with Crippen LogP contribution in [0.4, 0.5) is 0 Å². The molecule has 1 N–H and O–H groups in total. The number of amides is 1. The zero-order chi connectivity index (χ0) is 21.6. The van der Waals surface area contributed by atoms with E-state index in [2.05, 4.69) is 64.6 Å². The van der Waals surface area contributed by atoms with E-state index in [4.69, 9.17) is 0 Å². The third kappa shape index (κ3) is 5.05. The second-order valence-corrected chi connectivity index (χ2v) is 7.65. The molecule has 156 valence electrons. The molecular formula is C25H25N5O. The molecule has 2 aromatic carbocycles. The van der Waals surface area contributed by atoms with Gasteiger partial charge in [0.2, 0.25) is 0 Å². The van der Waals surface area contributed by atoms with E-state index in [1.807, 2.05) is 24.4 Å². The minimum Gasteiger partial charge on any atom is -0.348 e. The normalized spacial score (nSPS) is 10.9. The monoisotopic (exact) mass is 411 g/mol. The van der Waals surface area contributed by atoms with Crippen molar-refractivity contribution in [2.75, 3.05) is 14.1 Å². The van der Waals surface area contributed by atoms with Crippen molar-refractivity contribution in [2.45, 2.75) is 13.1 Å². The van der Waals surface area contributed by atoms with Gasteiger partial charge in [-0.3, -0.25) is 9.36 Å². The molecule has 4 aromatic rings. The van der Waals surface area contributed by atoms with Crippen LogP contribution in [0, 0.1) is 0 Å². The van der Waals surface area contributed by atoms with E-state index in [0.717, 1.165) is 29.1 Å². The molecule has 0 aliphatic heterocycles. The predicted octanol–water partition coefficient (Wildman–Crippen LogP) is 3.93. The Morgan fingerprint density at radius 3 is 2.52 bits per heavy atom. The number of nitrogens with one attached hydrogen (secondary N) is 1. The van der Waals surface area contributed by atoms with Crippen molar-refractivity contribution in [3.63, 3.8) is 0 Å². The number of benzene rings is 2. The van der Waals surface area contributed by atoms with Gasteiger partial charge >= 0.3 is 0 Å². The van der Waals surface area contributed by atoms with Crippen LogP contribution in [0.3, 0.4) is 0 Å². The number of pyridine rings is 1. The molecule has 0 saturated heterocycles. The van der Waals surface area contributed by atoms with Crippen molar-refractivity contribution in [3.05, 3.63) is 102 Å². The van der Waals surface area contributed by atoms with Crippen LogP contribution < -0.4 is 5.32 Å². The molecule has 4 rings (SSSR count). The van der Waals surface area contributed by atoms with Crippen LogP contribution in [0.2, 0.25) is 0 Å². The Hall–Kier alpha value is -3.77. The minimum atomic E-state index is -0.152. The van der Waals surface area contributed by atoms with Crippen molar-refractivity contribution in [2.24, 2.45) is 0 Å². The van der Waals surface area contributed by atoms with Crippen LogP contribution in [-0.4, -0.2) is 39.4 Å². The molecule has 1 amide bonds. The highest BCUT2D eigenvalue weighted by Crippen LogP contribution is 2.24. The van der Waals surface area contributed by atoms with Gasteiger partial charge in [-0.2, -0.15) is 0 Å². The molecular weight excluding hydrogens is 386 g/mol. The third-order valence-corrected chi connectivity index (χ3v) is 5.00. The molecule has 0 radical (unpaired) electrons. The standard InChI is InChI=1S/C25H25N5O/c1-29(2)17-19-7-9-20(10-8-19)23-6-4-3-5-21(23)15-28-25(31)22-11-12-24(27-16-22)30-14-13-26-18-30/h3-14,16,18H,15,17H2,1-2H3,(H,28,31). The van der Waals surface area contributed by atoms with E-state index in [-0.39, 0.29) is 5.91 Å². The number of rotatable bonds is 7. The van der Waals surface area contributed by atoms with Crippen molar-refractivity contribution >= 4 is 5.91 Å². The van der Waals surface area contributed by atoms with E-state index >= 15 is 0 Å². The molecule has 0 spiro atoms. The van der Waals surface area contributed by atoms with E-state index in [9.17, 15) is 4.79 Å². The molecule has 0 saturated carbocycles. The molecule has 6 heteroatoms. The van der Waals surface area contributed by atoms with E-state index in [1.165, 1.54) is 5.56 Å². The lowest BCUT2D eigenvalue weighted by Gasteiger charge is -2.13. The van der Waals surface area contributed by atoms with E-state index in [0.29, 0.717) is 12.1 Å². The first-order chi connectivity index (χ1) is 15.1. The van der Waals surface area contributed by atoms with Gasteiger partial charge in [0.25, 0.3) is 5.91 Å². The van der Waals surface area contributed by atoms with Gasteiger partial charge in [0.05, 0.1) is 5.56 Å². The van der Waals surface area contributed by atoms with Crippen molar-refractivity contribution in [1.29, 1.82) is 0 Å². The van der Waals surface area contributed by atoms with Crippen LogP contribution in [0.25, 0.3) is 16.9 Å². The number of carbonyl (C=O) groups excluding carboxylic acids is 1. The van der Waals surface area contributed by atoms with Crippen LogP contribution >= 0.6 is 0 Å². The van der Waals surface area contributed by atoms with Crippen molar-refractivity contribution < 1.29 is 4.79 Å². The second kappa shape index (κ2) is 9.36. The van der Waals surface area contributed by atoms with Gasteiger partial charge in [-0.1, -0.05) is 48.5 Å². The largest absolute Gasteiger partial charge is 0.348 e. The lowest BCUT2D eigenvalue weighted by molar-refractivity contribution is 0.0950. The summed E-state index contributed by atoms with van der Waals surface area (Å²) >= 11 is 0. The fourth-order valence-electron chi connectivity index (χ4n) is 3.46. The highest BCUT2D eigenvalue weighted by Gasteiger charge is 2.10. The fraction of sp³-hybridized carbons (Fsp3) is 0.160. The van der Waals surface area contributed by atoms with Crippen LogP contribution in [0.1, 0.15) is 21.5 Å². The van der Waals surface area contributed by atoms with Gasteiger partial charge in [0, 0.05) is 31.7 Å². The van der Waals surface area contributed by atoms with Crippen molar-refractivity contribution in [3.8, 4) is 16.9 Å². The summed E-state index contributed by atoms with van der Waals surface area (Å²) in [5, 5.41) is 3.01. The minimum absolute atomic E-state index is 0.152. The smallest absolute Gasteiger partial charge is 0.253 e. The first kappa shape index (κ1) is 20.5. The average molecular weight is 412 g/mol. The highest BCUT2D eigenvalue weighted by molar-refractivity contribution is 5.94. The number of carbonyl (C=O) groups is 1. The highest BCUT2D eigenvalue weighted by atomic mass is 16.1. The molecule has 0 bridgehead atoms. The molecule has 0 unspecified atom stereocenters. The van der Waals surface area contributed by atoms with Gasteiger partial charge in [0.15, 0.2) is 0 Å². The zero-order valence-electron chi connectivity index (χ0n) is 17.7. The van der Waals surface area contributed by atoms with Gasteiger partial charge < -0.3 is 10.2 Å². The predicted molar refractivity (Wildman–Crippen MR) is 122 cm³/mol. The number of hydrogen-bond donors (Lipinski definition) is 1. The Kier molecular flexibility index (Phi) is 6.19. The number of nitrogens with zero attached hydrogens (tertiary/aromatic N) is 4. The number of hydrogen-bond acceptors (Lipinski definition) is 4. The second-order valence-electron chi connectivity index (χ2n) is 7.65. The molecule has 0 fully saturated rings. The molecule has 0 atom stereocenters. The Morgan fingerprint density at radius 2 is 1.84 bits per heavy atom. The molecule has 2 aromatic heterocycles. The summed E-state index contributed by atoms with van der Waals surface area (Å²) < 4.78 is 1.79. The van der Waals surface area contributed by atoms with Crippen molar-refractivity contribution in [1.82, 2.24) is 24.8 Å². The number of imidazole rings is 1. The molecule has 0 aliphatic rings. The summed E-state index contributed by atoms with van der Waals surface area (Å²) in [5.41, 5.74) is 5.12. The quantitative estimate of drug-likeness (QED) is 0.501. The molecule has 6 nitrogen and oxygen atoms in total. The summed E-state index contributed by atoms with van der Waals surface area (Å²) in [6, 6.07) is 20.3. The summed E-state index contributed by atoms with van der Waals surface area (Å²) in [6.45, 7) is 1.35. The SMILES string of the molecule is CN(C)Cc1ccc(-c2ccccc2CNC(=O)c2ccc(-n3ccnc3)nc2)cc1. The van der Waals surface area contributed by atoms with Crippen LogP contribution in [-0.2, 0) is 13.1 Å². The number of aromatic nitrogens is 3. The Bertz CT molecular complexity index is 1130. The summed E-state index contributed by atoms with van der Waals surface area (Å²) in [7, 11) is 4.12. The molecule has 0 aliphatic carbocycles. The molecule has 31 heavy (non-hydrogen) atoms. The lowest BCUT2D eigenvalue weighted by atomic mass is 9.98. The first-order valence-corrected chi connectivity index (χ1v) is 10.1. The molecule has 2 heterocycles. The van der Waals surface area contributed by atoms with E-state index < -0.39 is 0 Å². The van der Waals surface area contributed by atoms with Gasteiger partial charge in [-0.05, 0) is 48.5 Å². The van der Waals surface area contributed by atoms with Gasteiger partial charge in [-0.15, -0.1) is 0 Å². The van der Waals surface area contributed by atoms with Gasteiger partial charge in [-0.25, -0.2) is 9.97 Å². The third-order valence-electron chi connectivity index (χ3n) is 5.00. The Labute approximate surface area is 182 Å². The average Bonchev–Trinajstić information content (AvgIpc) is 3.33. The fourth-order valence-corrected chi connectivity index (χ4v) is 3.46. The summed E-state index contributed by atoms with van der Waals surface area (Å²) in [4.78, 5) is 23.1. The maximum atomic E-state index is 12.6. The van der Waals surface area contributed by atoms with Gasteiger partial charge in [0.1, 0.15) is 12.1 Å². The summed E-state index contributed by atoms with van der Waals surface area (Å²) in [6.07, 6.45) is 6.76. The van der Waals surface area contributed by atoms with E-state index in [1.54, 1.807) is 35.4 Å². The Morgan fingerprint density at radius 1 is 1.03 bits per heavy atom. The maximum absolute atomic E-state index is 12.6. The first-order valence-electron chi connectivity index (χ1n) is 10.1. The summed E-state index contributed by atoms with van der Waals surface area (Å²) in [5.74, 6) is 0.568. The lowest BCUT2D eigenvalue weighted by Crippen LogP contribution is -2.23. The Balaban J connectivity index is 1.45. The van der Waals surface area contributed by atoms with Crippen LogP contribution in [0.5, 0.6) is 0 Å². The topological polar surface area (TPSA) is 63.1 Å².